The first kappa shape index (κ1) is 13.9. The summed E-state index contributed by atoms with van der Waals surface area (Å²) < 4.78 is 25.5. The van der Waals surface area contributed by atoms with Gasteiger partial charge in [0.05, 0.1) is 4.75 Å². The molecule has 14 heavy (non-hydrogen) atoms. The van der Waals surface area contributed by atoms with Crippen molar-refractivity contribution in [2.24, 2.45) is 5.73 Å². The average Bonchev–Trinajstić information content (AvgIpc) is 1.80. The predicted octanol–water partition coefficient (Wildman–Crippen LogP) is 0.832. The zero-order valence-electron chi connectivity index (χ0n) is 9.72. The van der Waals surface area contributed by atoms with Gasteiger partial charge in [-0.2, -0.15) is 0 Å². The van der Waals surface area contributed by atoms with Crippen molar-refractivity contribution in [1.82, 2.24) is 4.72 Å². The molecular formula is C9H22N2O2S. The molecule has 0 bridgehead atoms. The first-order valence-corrected chi connectivity index (χ1v) is 6.24. The Hall–Kier alpha value is -0.130. The van der Waals surface area contributed by atoms with Crippen LogP contribution in [0.25, 0.3) is 0 Å². The molecule has 0 aromatic heterocycles. The van der Waals surface area contributed by atoms with Gasteiger partial charge in [-0.05, 0) is 47.6 Å². The van der Waals surface area contributed by atoms with Gasteiger partial charge in [-0.1, -0.05) is 0 Å². The number of hydrogen-bond acceptors (Lipinski definition) is 3. The number of hydrogen-bond donors (Lipinski definition) is 2. The molecule has 0 saturated heterocycles. The molecule has 0 heterocycles. The fourth-order valence-corrected chi connectivity index (χ4v) is 2.06. The largest absolute Gasteiger partial charge is 0.330 e. The van der Waals surface area contributed by atoms with Crippen LogP contribution in [0.2, 0.25) is 0 Å². The van der Waals surface area contributed by atoms with Crippen LogP contribution in [0.4, 0.5) is 0 Å². The minimum absolute atomic E-state index is 0.471. The van der Waals surface area contributed by atoms with Crippen molar-refractivity contribution < 1.29 is 8.42 Å². The molecule has 0 aliphatic rings. The Morgan fingerprint density at radius 1 is 1.14 bits per heavy atom. The topological polar surface area (TPSA) is 72.2 Å². The monoisotopic (exact) mass is 222 g/mol. The van der Waals surface area contributed by atoms with Crippen LogP contribution in [0.3, 0.4) is 0 Å². The zero-order valence-corrected chi connectivity index (χ0v) is 10.5. The lowest BCUT2D eigenvalue weighted by Crippen LogP contribution is -2.50. The molecule has 5 heteroatoms. The standard InChI is InChI=1S/C9H22N2O2S/c1-8(2,3)14(12,13)11-9(4,5)6-7-10/h11H,6-7,10H2,1-5H3. The van der Waals surface area contributed by atoms with Gasteiger partial charge in [0.2, 0.25) is 10.0 Å². The second-order valence-electron chi connectivity index (χ2n) is 5.14. The van der Waals surface area contributed by atoms with Crippen LogP contribution < -0.4 is 10.5 Å². The fraction of sp³-hybridized carbons (Fsp3) is 1.00. The molecule has 86 valence electrons. The maximum absolute atomic E-state index is 11.8. The van der Waals surface area contributed by atoms with Crippen LogP contribution in [0.15, 0.2) is 0 Å². The highest BCUT2D eigenvalue weighted by atomic mass is 32.2. The van der Waals surface area contributed by atoms with Crippen LogP contribution in [0, 0.1) is 0 Å². The highest BCUT2D eigenvalue weighted by molar-refractivity contribution is 7.90. The molecular weight excluding hydrogens is 200 g/mol. The summed E-state index contributed by atoms with van der Waals surface area (Å²) in [6, 6.07) is 0. The number of nitrogens with one attached hydrogen (secondary N) is 1. The lowest BCUT2D eigenvalue weighted by atomic mass is 10.0. The summed E-state index contributed by atoms with van der Waals surface area (Å²) >= 11 is 0. The van der Waals surface area contributed by atoms with Crippen molar-refractivity contribution in [3.05, 3.63) is 0 Å². The molecule has 0 radical (unpaired) electrons. The van der Waals surface area contributed by atoms with E-state index in [1.54, 1.807) is 20.8 Å². The Morgan fingerprint density at radius 2 is 1.57 bits per heavy atom. The molecule has 0 aliphatic heterocycles. The van der Waals surface area contributed by atoms with Gasteiger partial charge in [0.25, 0.3) is 0 Å². The maximum Gasteiger partial charge on any atom is 0.217 e. The van der Waals surface area contributed by atoms with E-state index in [0.29, 0.717) is 13.0 Å². The van der Waals surface area contributed by atoms with Crippen molar-refractivity contribution in [3.63, 3.8) is 0 Å². The van der Waals surface area contributed by atoms with E-state index in [9.17, 15) is 8.42 Å². The summed E-state index contributed by atoms with van der Waals surface area (Å²) in [7, 11) is -3.28. The Kier molecular flexibility index (Phi) is 4.12. The molecule has 0 amide bonds. The van der Waals surface area contributed by atoms with Crippen molar-refractivity contribution >= 4 is 10.0 Å². The lowest BCUT2D eigenvalue weighted by molar-refractivity contribution is 0.419. The SMILES string of the molecule is CC(C)(CCN)NS(=O)(=O)C(C)(C)C. The molecule has 0 saturated carbocycles. The van der Waals surface area contributed by atoms with E-state index < -0.39 is 20.3 Å². The number of rotatable bonds is 4. The van der Waals surface area contributed by atoms with E-state index in [0.717, 1.165) is 0 Å². The molecule has 4 nitrogen and oxygen atoms in total. The van der Waals surface area contributed by atoms with E-state index in [-0.39, 0.29) is 0 Å². The van der Waals surface area contributed by atoms with Crippen LogP contribution >= 0.6 is 0 Å². The summed E-state index contributed by atoms with van der Waals surface area (Å²) in [5, 5.41) is 0. The summed E-state index contributed by atoms with van der Waals surface area (Å²) in [6.45, 7) is 9.17. The Bertz CT molecular complexity index is 276. The molecule has 0 fully saturated rings. The minimum atomic E-state index is -3.28. The average molecular weight is 222 g/mol. The molecule has 0 spiro atoms. The smallest absolute Gasteiger partial charge is 0.217 e. The molecule has 3 N–H and O–H groups in total. The van der Waals surface area contributed by atoms with Crippen molar-refractivity contribution in [3.8, 4) is 0 Å². The first-order chi connectivity index (χ1) is 6.02. The number of sulfonamides is 1. The Morgan fingerprint density at radius 3 is 1.86 bits per heavy atom. The van der Waals surface area contributed by atoms with E-state index in [2.05, 4.69) is 4.72 Å². The van der Waals surface area contributed by atoms with Gasteiger partial charge in [0.1, 0.15) is 0 Å². The van der Waals surface area contributed by atoms with Crippen molar-refractivity contribution in [1.29, 1.82) is 0 Å². The van der Waals surface area contributed by atoms with Crippen LogP contribution in [0.5, 0.6) is 0 Å². The van der Waals surface area contributed by atoms with Gasteiger partial charge in [-0.3, -0.25) is 0 Å². The second kappa shape index (κ2) is 4.16. The molecule has 0 aromatic carbocycles. The molecule has 0 aliphatic carbocycles. The molecule has 0 aromatic rings. The second-order valence-corrected chi connectivity index (χ2v) is 7.58. The molecule has 0 atom stereocenters. The Labute approximate surface area is 87.3 Å². The third-order valence-electron chi connectivity index (χ3n) is 1.99. The van der Waals surface area contributed by atoms with Gasteiger partial charge in [0.15, 0.2) is 0 Å². The van der Waals surface area contributed by atoms with Crippen LogP contribution in [-0.4, -0.2) is 25.2 Å². The lowest BCUT2D eigenvalue weighted by Gasteiger charge is -2.30. The molecule has 0 unspecified atom stereocenters. The van der Waals surface area contributed by atoms with Gasteiger partial charge < -0.3 is 5.73 Å². The highest BCUT2D eigenvalue weighted by Gasteiger charge is 2.33. The van der Waals surface area contributed by atoms with E-state index >= 15 is 0 Å². The van der Waals surface area contributed by atoms with Gasteiger partial charge in [-0.15, -0.1) is 0 Å². The van der Waals surface area contributed by atoms with Crippen molar-refractivity contribution in [2.45, 2.75) is 51.3 Å². The van der Waals surface area contributed by atoms with E-state index in [4.69, 9.17) is 5.73 Å². The quantitative estimate of drug-likeness (QED) is 0.740. The predicted molar refractivity (Wildman–Crippen MR) is 59.6 cm³/mol. The normalized spacial score (nSPS) is 14.4. The summed E-state index contributed by atoms with van der Waals surface area (Å²) in [4.78, 5) is 0. The zero-order chi connectivity index (χ0) is 11.6. The third kappa shape index (κ3) is 3.94. The van der Waals surface area contributed by atoms with Crippen molar-refractivity contribution in [2.75, 3.05) is 6.54 Å². The van der Waals surface area contributed by atoms with Crippen LogP contribution in [0.1, 0.15) is 41.0 Å². The third-order valence-corrected chi connectivity index (χ3v) is 4.42. The number of nitrogens with two attached hydrogens (primary N) is 1. The fourth-order valence-electron chi connectivity index (χ4n) is 0.929. The van der Waals surface area contributed by atoms with E-state index in [1.807, 2.05) is 13.8 Å². The summed E-state index contributed by atoms with van der Waals surface area (Å²) in [5.74, 6) is 0. The van der Waals surface area contributed by atoms with Gasteiger partial charge in [-0.25, -0.2) is 13.1 Å². The minimum Gasteiger partial charge on any atom is -0.330 e. The summed E-state index contributed by atoms with van der Waals surface area (Å²) in [6.07, 6.45) is 0.627. The first-order valence-electron chi connectivity index (χ1n) is 4.75. The maximum atomic E-state index is 11.8. The molecule has 0 rings (SSSR count). The van der Waals surface area contributed by atoms with Gasteiger partial charge >= 0.3 is 0 Å². The highest BCUT2D eigenvalue weighted by Crippen LogP contribution is 2.18. The summed E-state index contributed by atoms with van der Waals surface area (Å²) in [5.41, 5.74) is 4.94. The Balaban J connectivity index is 4.69. The van der Waals surface area contributed by atoms with Gasteiger partial charge in [0, 0.05) is 5.54 Å². The van der Waals surface area contributed by atoms with E-state index in [1.165, 1.54) is 0 Å². The van der Waals surface area contributed by atoms with Crippen LogP contribution in [-0.2, 0) is 10.0 Å².